The van der Waals surface area contributed by atoms with Gasteiger partial charge in [-0.1, -0.05) is 115 Å². The number of hydrogen-bond donors (Lipinski definition) is 0. The van der Waals surface area contributed by atoms with Crippen molar-refractivity contribution in [3.8, 4) is 56.7 Å². The zero-order valence-electron chi connectivity index (χ0n) is 27.7. The highest BCUT2D eigenvalue weighted by molar-refractivity contribution is 6.04. The summed E-state index contributed by atoms with van der Waals surface area (Å²) >= 11 is 0. The second-order valence-electron chi connectivity index (χ2n) is 12.7. The van der Waals surface area contributed by atoms with E-state index in [2.05, 4.69) is 94.9 Å². The molecule has 0 bridgehead atoms. The van der Waals surface area contributed by atoms with E-state index in [9.17, 15) is 0 Å². The van der Waals surface area contributed by atoms with Crippen LogP contribution in [-0.2, 0) is 0 Å². The lowest BCUT2D eigenvalue weighted by Gasteiger charge is -2.11. The number of nitrogens with zero attached hydrogens (tertiary/aromatic N) is 7. The molecule has 0 saturated heterocycles. The van der Waals surface area contributed by atoms with Crippen LogP contribution in [0.3, 0.4) is 0 Å². The molecular weight excluding hydrogens is 639 g/mol. The second-order valence-corrected chi connectivity index (χ2v) is 12.7. The molecule has 0 spiro atoms. The maximum Gasteiger partial charge on any atom is 0.164 e. The smallest absolute Gasteiger partial charge is 0.164 e. The van der Waals surface area contributed by atoms with Crippen LogP contribution < -0.4 is 0 Å². The molecule has 7 heteroatoms. The van der Waals surface area contributed by atoms with Crippen molar-refractivity contribution in [2.45, 2.75) is 0 Å². The molecule has 0 N–H and O–H groups in total. The highest BCUT2D eigenvalue weighted by atomic mass is 15.0. The molecule has 0 fully saturated rings. The van der Waals surface area contributed by atoms with Crippen molar-refractivity contribution in [2.75, 3.05) is 0 Å². The lowest BCUT2D eigenvalue weighted by atomic mass is 10.0. The SMILES string of the molecule is c1ccc(-c2nc(-c3cccc(-c4ccc5ccc6cccnc6c5n4)c3)nc(-c3cccc(-c4ccc5ccc6cccnc6c5n4)c3)n2)cc1. The van der Waals surface area contributed by atoms with E-state index in [-0.39, 0.29) is 0 Å². The summed E-state index contributed by atoms with van der Waals surface area (Å²) < 4.78 is 0. The number of fused-ring (bicyclic) bond motifs is 6. The monoisotopic (exact) mass is 665 g/mol. The van der Waals surface area contributed by atoms with E-state index >= 15 is 0 Å². The Balaban J connectivity index is 1.09. The van der Waals surface area contributed by atoms with Crippen molar-refractivity contribution in [2.24, 2.45) is 0 Å². The van der Waals surface area contributed by atoms with Gasteiger partial charge in [-0.2, -0.15) is 0 Å². The van der Waals surface area contributed by atoms with Gasteiger partial charge in [-0.05, 0) is 36.4 Å². The molecule has 0 aliphatic rings. The molecule has 5 aromatic heterocycles. The summed E-state index contributed by atoms with van der Waals surface area (Å²) in [5.41, 5.74) is 9.78. The Hall–Kier alpha value is -7.25. The van der Waals surface area contributed by atoms with Crippen LogP contribution in [-0.4, -0.2) is 34.9 Å². The Bertz CT molecular complexity index is 2800. The first-order chi connectivity index (χ1) is 25.7. The van der Waals surface area contributed by atoms with Crippen LogP contribution in [0.1, 0.15) is 0 Å². The fraction of sp³-hybridized carbons (Fsp3) is 0. The topological polar surface area (TPSA) is 90.2 Å². The lowest BCUT2D eigenvalue weighted by Crippen LogP contribution is -2.00. The number of rotatable bonds is 5. The Morgan fingerprint density at radius 3 is 1.17 bits per heavy atom. The lowest BCUT2D eigenvalue weighted by molar-refractivity contribution is 1.07. The van der Waals surface area contributed by atoms with Crippen LogP contribution in [0.4, 0.5) is 0 Å². The second kappa shape index (κ2) is 12.3. The highest BCUT2D eigenvalue weighted by Crippen LogP contribution is 2.32. The summed E-state index contributed by atoms with van der Waals surface area (Å²) in [6.45, 7) is 0. The number of hydrogen-bond acceptors (Lipinski definition) is 7. The van der Waals surface area contributed by atoms with Crippen molar-refractivity contribution >= 4 is 43.6 Å². The third kappa shape index (κ3) is 5.28. The Kier molecular flexibility index (Phi) is 6.99. The molecular formula is C45H27N7. The zero-order valence-corrected chi connectivity index (χ0v) is 27.7. The summed E-state index contributed by atoms with van der Waals surface area (Å²) in [6.07, 6.45) is 3.62. The fourth-order valence-corrected chi connectivity index (χ4v) is 6.75. The fourth-order valence-electron chi connectivity index (χ4n) is 6.75. The Morgan fingerprint density at radius 2 is 0.673 bits per heavy atom. The van der Waals surface area contributed by atoms with Crippen molar-refractivity contribution in [1.82, 2.24) is 34.9 Å². The van der Waals surface area contributed by atoms with Gasteiger partial charge in [0.2, 0.25) is 0 Å². The van der Waals surface area contributed by atoms with Crippen molar-refractivity contribution in [1.29, 1.82) is 0 Å². The van der Waals surface area contributed by atoms with Gasteiger partial charge in [-0.3, -0.25) is 9.97 Å². The minimum atomic E-state index is 0.574. The summed E-state index contributed by atoms with van der Waals surface area (Å²) in [5, 5.41) is 4.22. The van der Waals surface area contributed by atoms with Crippen molar-refractivity contribution in [3.63, 3.8) is 0 Å². The van der Waals surface area contributed by atoms with Crippen LogP contribution in [0.25, 0.3) is 100 Å². The van der Waals surface area contributed by atoms with E-state index in [0.717, 1.165) is 82.8 Å². The van der Waals surface area contributed by atoms with Crippen LogP contribution in [0.5, 0.6) is 0 Å². The first-order valence-electron chi connectivity index (χ1n) is 17.1. The highest BCUT2D eigenvalue weighted by Gasteiger charge is 2.15. The third-order valence-corrected chi connectivity index (χ3v) is 9.36. The summed E-state index contributed by atoms with van der Waals surface area (Å²) in [5.74, 6) is 1.75. The quantitative estimate of drug-likeness (QED) is 0.169. The van der Waals surface area contributed by atoms with E-state index in [0.29, 0.717) is 17.5 Å². The van der Waals surface area contributed by atoms with E-state index in [1.807, 2.05) is 79.1 Å². The van der Waals surface area contributed by atoms with Crippen LogP contribution in [0, 0.1) is 0 Å². The summed E-state index contributed by atoms with van der Waals surface area (Å²) in [6, 6.07) is 51.1. The zero-order chi connectivity index (χ0) is 34.4. The van der Waals surface area contributed by atoms with Gasteiger partial charge in [0.1, 0.15) is 0 Å². The molecule has 5 heterocycles. The van der Waals surface area contributed by atoms with Gasteiger partial charge in [-0.25, -0.2) is 24.9 Å². The van der Waals surface area contributed by atoms with Crippen LogP contribution >= 0.6 is 0 Å². The first-order valence-corrected chi connectivity index (χ1v) is 17.1. The van der Waals surface area contributed by atoms with E-state index in [1.54, 1.807) is 0 Å². The van der Waals surface area contributed by atoms with Gasteiger partial charge in [0, 0.05) is 61.8 Å². The average molecular weight is 666 g/mol. The van der Waals surface area contributed by atoms with Crippen LogP contribution in [0.15, 0.2) is 164 Å². The summed E-state index contributed by atoms with van der Waals surface area (Å²) in [4.78, 5) is 34.5. The van der Waals surface area contributed by atoms with Crippen molar-refractivity contribution < 1.29 is 0 Å². The molecule has 242 valence electrons. The van der Waals surface area contributed by atoms with Crippen molar-refractivity contribution in [3.05, 3.63) is 164 Å². The molecule has 0 amide bonds. The average Bonchev–Trinajstić information content (AvgIpc) is 3.23. The molecule has 10 rings (SSSR count). The Morgan fingerprint density at radius 1 is 0.269 bits per heavy atom. The van der Waals surface area contributed by atoms with Gasteiger partial charge in [0.25, 0.3) is 0 Å². The van der Waals surface area contributed by atoms with Gasteiger partial charge in [0.15, 0.2) is 17.5 Å². The minimum absolute atomic E-state index is 0.574. The predicted octanol–water partition coefficient (Wildman–Crippen LogP) is 10.4. The van der Waals surface area contributed by atoms with Gasteiger partial charge in [0.05, 0.1) is 33.5 Å². The summed E-state index contributed by atoms with van der Waals surface area (Å²) in [7, 11) is 0. The number of aromatic nitrogens is 7. The number of pyridine rings is 4. The third-order valence-electron chi connectivity index (χ3n) is 9.36. The maximum absolute atomic E-state index is 5.09. The van der Waals surface area contributed by atoms with Gasteiger partial charge < -0.3 is 0 Å². The minimum Gasteiger partial charge on any atom is -0.254 e. The first kappa shape index (κ1) is 29.6. The van der Waals surface area contributed by atoms with Gasteiger partial charge >= 0.3 is 0 Å². The molecule has 52 heavy (non-hydrogen) atoms. The molecule has 0 saturated carbocycles. The van der Waals surface area contributed by atoms with Gasteiger partial charge in [-0.15, -0.1) is 0 Å². The normalized spacial score (nSPS) is 11.5. The van der Waals surface area contributed by atoms with E-state index in [4.69, 9.17) is 24.9 Å². The van der Waals surface area contributed by atoms with E-state index in [1.165, 1.54) is 0 Å². The largest absolute Gasteiger partial charge is 0.254 e. The Labute approximate surface area is 298 Å². The van der Waals surface area contributed by atoms with E-state index < -0.39 is 0 Å². The predicted molar refractivity (Wildman–Crippen MR) is 208 cm³/mol. The number of benzene rings is 5. The molecule has 0 unspecified atom stereocenters. The molecule has 10 aromatic rings. The van der Waals surface area contributed by atoms with Crippen LogP contribution in [0.2, 0.25) is 0 Å². The molecule has 0 radical (unpaired) electrons. The molecule has 0 aliphatic carbocycles. The molecule has 0 atom stereocenters. The standard InChI is InChI=1S/C45H27N7/c1-2-8-32(9-3-1)43-50-44(35-12-4-10-33(26-35)37-22-20-30-18-16-28-14-6-24-46-39(28)41(30)48-37)52-45(51-43)36-13-5-11-34(27-36)38-23-21-31-19-17-29-15-7-25-47-40(29)42(31)49-38/h1-27H. The molecule has 7 nitrogen and oxygen atoms in total. The molecule has 0 aliphatic heterocycles. The maximum atomic E-state index is 5.09. The molecule has 5 aromatic carbocycles.